The quantitative estimate of drug-likeness (QED) is 0.758. The molecule has 0 radical (unpaired) electrons. The minimum Gasteiger partial charge on any atom is -0.493 e. The Morgan fingerprint density at radius 3 is 2.75 bits per heavy atom. The molecule has 0 saturated carbocycles. The van der Waals surface area contributed by atoms with E-state index >= 15 is 0 Å². The van der Waals surface area contributed by atoms with E-state index in [0.717, 1.165) is 32.7 Å². The summed E-state index contributed by atoms with van der Waals surface area (Å²) in [6, 6.07) is 2.19. The van der Waals surface area contributed by atoms with Gasteiger partial charge >= 0.3 is 0 Å². The lowest BCUT2D eigenvalue weighted by molar-refractivity contribution is 0.400. The first-order chi connectivity index (χ1) is 9.62. The number of hydrogen-bond acceptors (Lipinski definition) is 4. The average molecular weight is 423 g/mol. The van der Waals surface area contributed by atoms with Crippen molar-refractivity contribution in [2.45, 2.75) is 25.9 Å². The van der Waals surface area contributed by atoms with Gasteiger partial charge in [-0.25, -0.2) is 0 Å². The summed E-state index contributed by atoms with van der Waals surface area (Å²) in [4.78, 5) is 1.21. The number of rotatable bonds is 6. The second-order valence-corrected chi connectivity index (χ2v) is 7.57. The van der Waals surface area contributed by atoms with E-state index in [4.69, 9.17) is 4.74 Å². The SMILES string of the molecule is CCCn1ncc(OC)c1C(NC)c1cc(Br)c(Br)s1. The smallest absolute Gasteiger partial charge is 0.161 e. The van der Waals surface area contributed by atoms with Crippen LogP contribution in [0.3, 0.4) is 0 Å². The minimum absolute atomic E-state index is 0.0617. The number of halogens is 2. The molecule has 1 atom stereocenters. The number of aromatic nitrogens is 2. The zero-order valence-corrected chi connectivity index (χ0v) is 15.6. The summed E-state index contributed by atoms with van der Waals surface area (Å²) in [7, 11) is 3.64. The monoisotopic (exact) mass is 421 g/mol. The summed E-state index contributed by atoms with van der Waals surface area (Å²) in [6.45, 7) is 3.02. The van der Waals surface area contributed by atoms with Gasteiger partial charge in [-0.1, -0.05) is 6.92 Å². The van der Waals surface area contributed by atoms with Crippen LogP contribution in [0.5, 0.6) is 5.75 Å². The first-order valence-electron chi connectivity index (χ1n) is 6.34. The molecule has 2 rings (SSSR count). The van der Waals surface area contributed by atoms with Crippen molar-refractivity contribution in [3.8, 4) is 5.75 Å². The van der Waals surface area contributed by atoms with Crippen LogP contribution in [0.15, 0.2) is 20.5 Å². The molecule has 20 heavy (non-hydrogen) atoms. The molecular weight excluding hydrogens is 406 g/mol. The van der Waals surface area contributed by atoms with E-state index in [2.05, 4.69) is 55.3 Å². The Hall–Kier alpha value is -0.370. The van der Waals surface area contributed by atoms with Crippen molar-refractivity contribution >= 4 is 43.2 Å². The van der Waals surface area contributed by atoms with Gasteiger partial charge in [0.05, 0.1) is 23.1 Å². The van der Waals surface area contributed by atoms with Crippen molar-refractivity contribution in [2.24, 2.45) is 0 Å². The maximum absolute atomic E-state index is 5.47. The molecule has 0 aliphatic heterocycles. The van der Waals surface area contributed by atoms with Gasteiger partial charge < -0.3 is 10.1 Å². The second kappa shape index (κ2) is 7.06. The van der Waals surface area contributed by atoms with Gasteiger partial charge in [-0.15, -0.1) is 11.3 Å². The number of ether oxygens (including phenoxy) is 1. The lowest BCUT2D eigenvalue weighted by Crippen LogP contribution is -2.21. The Balaban J connectivity index is 2.47. The highest BCUT2D eigenvalue weighted by atomic mass is 79.9. The zero-order chi connectivity index (χ0) is 14.7. The molecule has 110 valence electrons. The molecule has 0 aliphatic rings. The van der Waals surface area contributed by atoms with Crippen molar-refractivity contribution in [3.05, 3.63) is 31.1 Å². The highest BCUT2D eigenvalue weighted by Gasteiger charge is 2.24. The van der Waals surface area contributed by atoms with E-state index in [1.807, 2.05) is 11.7 Å². The average Bonchev–Trinajstić information content (AvgIpc) is 2.97. The van der Waals surface area contributed by atoms with Gasteiger partial charge in [0.1, 0.15) is 5.69 Å². The molecule has 0 saturated heterocycles. The van der Waals surface area contributed by atoms with Gasteiger partial charge in [-0.3, -0.25) is 4.68 Å². The molecule has 0 fully saturated rings. The third-order valence-corrected chi connectivity index (χ3v) is 6.33. The Labute approximate surface area is 139 Å². The van der Waals surface area contributed by atoms with E-state index in [1.165, 1.54) is 4.88 Å². The molecule has 2 aromatic heterocycles. The van der Waals surface area contributed by atoms with Crippen LogP contribution in [0, 0.1) is 0 Å². The molecule has 0 amide bonds. The molecule has 0 bridgehead atoms. The molecule has 7 heteroatoms. The van der Waals surface area contributed by atoms with Gasteiger partial charge in [0.25, 0.3) is 0 Å². The largest absolute Gasteiger partial charge is 0.493 e. The first-order valence-corrected chi connectivity index (χ1v) is 8.74. The maximum atomic E-state index is 5.47. The number of aryl methyl sites for hydroxylation is 1. The van der Waals surface area contributed by atoms with Crippen molar-refractivity contribution in [3.63, 3.8) is 0 Å². The number of thiophene rings is 1. The summed E-state index contributed by atoms with van der Waals surface area (Å²) in [5, 5.41) is 7.80. The predicted octanol–water partition coefficient (Wildman–Crippen LogP) is 4.20. The van der Waals surface area contributed by atoms with Crippen LogP contribution < -0.4 is 10.1 Å². The highest BCUT2D eigenvalue weighted by molar-refractivity contribution is 9.13. The van der Waals surface area contributed by atoms with Crippen LogP contribution in [0.2, 0.25) is 0 Å². The van der Waals surface area contributed by atoms with Gasteiger partial charge in [0.2, 0.25) is 0 Å². The third-order valence-electron chi connectivity index (χ3n) is 3.01. The predicted molar refractivity (Wildman–Crippen MR) is 89.7 cm³/mol. The summed E-state index contributed by atoms with van der Waals surface area (Å²) in [5.74, 6) is 0.818. The lowest BCUT2D eigenvalue weighted by Gasteiger charge is -2.18. The molecule has 0 spiro atoms. The summed E-state index contributed by atoms with van der Waals surface area (Å²) in [5.41, 5.74) is 1.07. The standard InChI is InChI=1S/C13H17Br2N3OS/c1-4-5-18-12(9(19-3)7-17-18)11(16-2)10-6-8(14)13(15)20-10/h6-7,11,16H,4-5H2,1-3H3. The summed E-state index contributed by atoms with van der Waals surface area (Å²) in [6.07, 6.45) is 2.82. The molecule has 1 unspecified atom stereocenters. The van der Waals surface area contributed by atoms with E-state index in [-0.39, 0.29) is 6.04 Å². The number of methoxy groups -OCH3 is 1. The first kappa shape index (κ1) is 16.0. The fourth-order valence-corrected chi connectivity index (χ4v) is 4.34. The topological polar surface area (TPSA) is 39.1 Å². The van der Waals surface area contributed by atoms with E-state index < -0.39 is 0 Å². The second-order valence-electron chi connectivity index (χ2n) is 4.31. The molecule has 0 aromatic carbocycles. The molecule has 1 N–H and O–H groups in total. The lowest BCUT2D eigenvalue weighted by atomic mass is 10.1. The van der Waals surface area contributed by atoms with E-state index in [9.17, 15) is 0 Å². The Kier molecular flexibility index (Phi) is 5.65. The van der Waals surface area contributed by atoms with E-state index in [1.54, 1.807) is 24.6 Å². The van der Waals surface area contributed by atoms with Crippen molar-refractivity contribution in [1.29, 1.82) is 0 Å². The van der Waals surface area contributed by atoms with Gasteiger partial charge in [-0.05, 0) is 51.4 Å². The maximum Gasteiger partial charge on any atom is 0.161 e. The minimum atomic E-state index is 0.0617. The Bertz CT molecular complexity index is 563. The fraction of sp³-hybridized carbons (Fsp3) is 0.462. The zero-order valence-electron chi connectivity index (χ0n) is 11.6. The van der Waals surface area contributed by atoms with Crippen LogP contribution in [0.4, 0.5) is 0 Å². The summed E-state index contributed by atoms with van der Waals surface area (Å²) >= 11 is 8.80. The van der Waals surface area contributed by atoms with Crippen molar-refractivity contribution in [2.75, 3.05) is 14.2 Å². The van der Waals surface area contributed by atoms with Crippen LogP contribution in [0.1, 0.15) is 30.0 Å². The van der Waals surface area contributed by atoms with Crippen LogP contribution >= 0.6 is 43.2 Å². The number of hydrogen-bond donors (Lipinski definition) is 1. The molecule has 0 aliphatic carbocycles. The molecule has 4 nitrogen and oxygen atoms in total. The van der Waals surface area contributed by atoms with Gasteiger partial charge in [0, 0.05) is 15.9 Å². The van der Waals surface area contributed by atoms with E-state index in [0.29, 0.717) is 0 Å². The highest BCUT2D eigenvalue weighted by Crippen LogP contribution is 2.39. The summed E-state index contributed by atoms with van der Waals surface area (Å²) < 4.78 is 9.65. The Morgan fingerprint density at radius 2 is 2.25 bits per heavy atom. The van der Waals surface area contributed by atoms with Gasteiger partial charge in [-0.2, -0.15) is 5.10 Å². The number of nitrogens with one attached hydrogen (secondary N) is 1. The third kappa shape index (κ3) is 3.10. The van der Waals surface area contributed by atoms with Crippen LogP contribution in [0.25, 0.3) is 0 Å². The van der Waals surface area contributed by atoms with Gasteiger partial charge in [0.15, 0.2) is 5.75 Å². The fourth-order valence-electron chi connectivity index (χ4n) is 2.14. The van der Waals surface area contributed by atoms with Crippen LogP contribution in [-0.4, -0.2) is 23.9 Å². The Morgan fingerprint density at radius 1 is 1.50 bits per heavy atom. The molecular formula is C13H17Br2N3OS. The van der Waals surface area contributed by atoms with Crippen LogP contribution in [-0.2, 0) is 6.54 Å². The van der Waals surface area contributed by atoms with Crippen molar-refractivity contribution in [1.82, 2.24) is 15.1 Å². The molecule has 2 heterocycles. The normalized spacial score (nSPS) is 12.7. The van der Waals surface area contributed by atoms with Crippen molar-refractivity contribution < 1.29 is 4.74 Å². The number of nitrogens with zero attached hydrogens (tertiary/aromatic N) is 2. The molecule has 2 aromatic rings.